The van der Waals surface area contributed by atoms with Gasteiger partial charge in [0, 0.05) is 38.8 Å². The number of aromatic nitrogens is 2. The van der Waals surface area contributed by atoms with E-state index in [0.29, 0.717) is 30.2 Å². The predicted octanol–water partition coefficient (Wildman–Crippen LogP) is 5.22. The highest BCUT2D eigenvalue weighted by Crippen LogP contribution is 2.25. The van der Waals surface area contributed by atoms with Crippen molar-refractivity contribution >= 4 is 12.0 Å². The minimum absolute atomic E-state index is 0.00485. The molecule has 0 saturated carbocycles. The van der Waals surface area contributed by atoms with E-state index in [2.05, 4.69) is 42.2 Å². The molecule has 4 aromatic rings. The largest absolute Gasteiger partial charge is 0.463 e. The van der Waals surface area contributed by atoms with Crippen LogP contribution in [0, 0.1) is 13.8 Å². The molecule has 1 aliphatic rings. The summed E-state index contributed by atoms with van der Waals surface area (Å²) in [4.78, 5) is 18.0. The number of rotatable bonds is 6. The smallest absolute Gasteiger partial charge is 0.272 e. The molecule has 2 aromatic carbocycles. The number of furan rings is 1. The van der Waals surface area contributed by atoms with Crippen molar-refractivity contribution in [2.45, 2.75) is 13.8 Å². The van der Waals surface area contributed by atoms with Crippen LogP contribution in [-0.4, -0.2) is 58.2 Å². The Morgan fingerprint density at radius 3 is 2.49 bits per heavy atom. The summed E-state index contributed by atoms with van der Waals surface area (Å²) in [6.07, 6.45) is 5.96. The second-order valence-electron chi connectivity index (χ2n) is 9.00. The Hall–Kier alpha value is -3.90. The van der Waals surface area contributed by atoms with Gasteiger partial charge in [-0.05, 0) is 43.2 Å². The molecule has 0 aliphatic carbocycles. The highest BCUT2D eigenvalue weighted by atomic mass is 16.3. The number of amides is 1. The van der Waals surface area contributed by atoms with Crippen LogP contribution in [0.4, 0.5) is 0 Å². The van der Waals surface area contributed by atoms with Crippen molar-refractivity contribution in [3.63, 3.8) is 0 Å². The van der Waals surface area contributed by atoms with E-state index < -0.39 is 0 Å². The van der Waals surface area contributed by atoms with Crippen LogP contribution < -0.4 is 0 Å². The fourth-order valence-corrected chi connectivity index (χ4v) is 4.50. The lowest BCUT2D eigenvalue weighted by Gasteiger charge is -2.34. The van der Waals surface area contributed by atoms with E-state index in [-0.39, 0.29) is 5.91 Å². The van der Waals surface area contributed by atoms with Gasteiger partial charge in [-0.25, -0.2) is 4.68 Å². The van der Waals surface area contributed by atoms with E-state index in [9.17, 15) is 4.79 Å². The van der Waals surface area contributed by atoms with E-state index in [0.717, 1.165) is 30.9 Å². The zero-order valence-corrected chi connectivity index (χ0v) is 20.2. The molecule has 178 valence electrons. The van der Waals surface area contributed by atoms with Crippen LogP contribution in [0.5, 0.6) is 0 Å². The molecule has 0 atom stereocenters. The van der Waals surface area contributed by atoms with Crippen molar-refractivity contribution in [1.82, 2.24) is 19.6 Å². The van der Waals surface area contributed by atoms with Gasteiger partial charge in [0.25, 0.3) is 5.91 Å². The Kier molecular flexibility index (Phi) is 6.64. The summed E-state index contributed by atoms with van der Waals surface area (Å²) in [5.41, 5.74) is 5.57. The number of nitrogens with zero attached hydrogens (tertiary/aromatic N) is 4. The molecule has 5 rings (SSSR count). The van der Waals surface area contributed by atoms with Gasteiger partial charge in [0.05, 0.1) is 12.0 Å². The van der Waals surface area contributed by atoms with Crippen LogP contribution in [-0.2, 0) is 0 Å². The first-order valence-electron chi connectivity index (χ1n) is 12.0. The number of carbonyl (C=O) groups is 1. The minimum Gasteiger partial charge on any atom is -0.463 e. The Labute approximate surface area is 206 Å². The third-order valence-electron chi connectivity index (χ3n) is 6.42. The number of aryl methyl sites for hydroxylation is 2. The molecule has 0 unspecified atom stereocenters. The lowest BCUT2D eigenvalue weighted by molar-refractivity contribution is 0.0641. The van der Waals surface area contributed by atoms with Crippen LogP contribution in [0.3, 0.4) is 0 Å². The average molecular weight is 467 g/mol. The van der Waals surface area contributed by atoms with E-state index in [1.54, 1.807) is 10.9 Å². The topological polar surface area (TPSA) is 54.5 Å². The number of hydrogen-bond acceptors (Lipinski definition) is 4. The van der Waals surface area contributed by atoms with Gasteiger partial charge in [-0.1, -0.05) is 60.2 Å². The molecule has 3 heterocycles. The van der Waals surface area contributed by atoms with Crippen LogP contribution in [0.15, 0.2) is 83.5 Å². The normalized spacial score (nSPS) is 14.6. The van der Waals surface area contributed by atoms with Crippen molar-refractivity contribution in [1.29, 1.82) is 0 Å². The Bertz CT molecular complexity index is 1310. The predicted molar refractivity (Wildman–Crippen MR) is 139 cm³/mol. The molecule has 0 bridgehead atoms. The summed E-state index contributed by atoms with van der Waals surface area (Å²) in [6, 6.07) is 22.0. The van der Waals surface area contributed by atoms with Crippen molar-refractivity contribution in [3.8, 4) is 17.1 Å². The molecular formula is C29H30N4O2. The molecule has 35 heavy (non-hydrogen) atoms. The first kappa shape index (κ1) is 22.9. The van der Waals surface area contributed by atoms with Gasteiger partial charge in [0.1, 0.15) is 11.4 Å². The summed E-state index contributed by atoms with van der Waals surface area (Å²) < 4.78 is 7.34. The first-order chi connectivity index (χ1) is 17.1. The van der Waals surface area contributed by atoms with Crippen molar-refractivity contribution in [2.75, 3.05) is 32.7 Å². The van der Waals surface area contributed by atoms with Crippen LogP contribution in [0.25, 0.3) is 23.2 Å². The van der Waals surface area contributed by atoms with Crippen molar-refractivity contribution in [2.24, 2.45) is 0 Å². The van der Waals surface area contributed by atoms with Gasteiger partial charge in [-0.2, -0.15) is 5.10 Å². The molecule has 0 N–H and O–H groups in total. The monoisotopic (exact) mass is 466 g/mol. The van der Waals surface area contributed by atoms with Crippen LogP contribution >= 0.6 is 0 Å². The summed E-state index contributed by atoms with van der Waals surface area (Å²) in [5.74, 6) is 0.646. The summed E-state index contributed by atoms with van der Waals surface area (Å²) >= 11 is 0. The van der Waals surface area contributed by atoms with Gasteiger partial charge in [0.15, 0.2) is 5.76 Å². The minimum atomic E-state index is -0.00485. The highest BCUT2D eigenvalue weighted by Gasteiger charge is 2.26. The Morgan fingerprint density at radius 2 is 1.77 bits per heavy atom. The van der Waals surface area contributed by atoms with Crippen molar-refractivity contribution in [3.05, 3.63) is 101 Å². The Balaban J connectivity index is 1.32. The van der Waals surface area contributed by atoms with Crippen molar-refractivity contribution < 1.29 is 9.21 Å². The number of hydrogen-bond donors (Lipinski definition) is 0. The second-order valence-corrected chi connectivity index (χ2v) is 9.00. The summed E-state index contributed by atoms with van der Waals surface area (Å²) in [6.45, 7) is 8.04. The standard InChI is InChI=1S/C29H30N4O2/c1-22-12-13-26(23(2)20-22)33-27(21-25(30-33)28-11-7-19-35-28)29(34)32-17-15-31(16-18-32)14-6-10-24-8-4-3-5-9-24/h3-13,19-21H,14-18H2,1-2H3. The zero-order valence-electron chi connectivity index (χ0n) is 20.2. The molecular weight excluding hydrogens is 436 g/mol. The molecule has 1 amide bonds. The molecule has 1 saturated heterocycles. The molecule has 0 radical (unpaired) electrons. The third kappa shape index (κ3) is 5.12. The van der Waals surface area contributed by atoms with Crippen LogP contribution in [0.2, 0.25) is 0 Å². The highest BCUT2D eigenvalue weighted by molar-refractivity contribution is 5.94. The summed E-state index contributed by atoms with van der Waals surface area (Å²) in [7, 11) is 0. The molecule has 6 heteroatoms. The molecule has 1 aliphatic heterocycles. The third-order valence-corrected chi connectivity index (χ3v) is 6.42. The van der Waals surface area contributed by atoms with E-state index in [1.165, 1.54) is 11.1 Å². The van der Waals surface area contributed by atoms with E-state index in [1.807, 2.05) is 60.4 Å². The second kappa shape index (κ2) is 10.2. The fourth-order valence-electron chi connectivity index (χ4n) is 4.50. The number of piperazine rings is 1. The first-order valence-corrected chi connectivity index (χ1v) is 12.0. The Morgan fingerprint density at radius 1 is 0.971 bits per heavy atom. The van der Waals surface area contributed by atoms with Gasteiger partial charge in [-0.3, -0.25) is 9.69 Å². The summed E-state index contributed by atoms with van der Waals surface area (Å²) in [5, 5.41) is 4.77. The lowest BCUT2D eigenvalue weighted by Crippen LogP contribution is -2.49. The maximum Gasteiger partial charge on any atom is 0.272 e. The fraction of sp³-hybridized carbons (Fsp3) is 0.241. The maximum absolute atomic E-state index is 13.7. The zero-order chi connectivity index (χ0) is 24.2. The van der Waals surface area contributed by atoms with E-state index in [4.69, 9.17) is 9.52 Å². The lowest BCUT2D eigenvalue weighted by atomic mass is 10.1. The van der Waals surface area contributed by atoms with Gasteiger partial charge in [-0.15, -0.1) is 0 Å². The number of carbonyl (C=O) groups excluding carboxylic acids is 1. The van der Waals surface area contributed by atoms with Gasteiger partial charge in [0.2, 0.25) is 0 Å². The maximum atomic E-state index is 13.7. The quantitative estimate of drug-likeness (QED) is 0.391. The average Bonchev–Trinajstić information content (AvgIpc) is 3.55. The van der Waals surface area contributed by atoms with Gasteiger partial charge < -0.3 is 9.32 Å². The molecule has 1 fully saturated rings. The molecule has 2 aromatic heterocycles. The van der Waals surface area contributed by atoms with E-state index >= 15 is 0 Å². The molecule has 0 spiro atoms. The van der Waals surface area contributed by atoms with Crippen LogP contribution in [0.1, 0.15) is 27.2 Å². The molecule has 6 nitrogen and oxygen atoms in total. The SMILES string of the molecule is Cc1ccc(-n2nc(-c3ccco3)cc2C(=O)N2CCN(CC=Cc3ccccc3)CC2)c(C)c1. The van der Waals surface area contributed by atoms with Gasteiger partial charge >= 0.3 is 0 Å². The number of benzene rings is 2.